The molecule has 4 heteroatoms. The minimum absolute atomic E-state index is 0.261. The summed E-state index contributed by atoms with van der Waals surface area (Å²) < 4.78 is 25.9. The van der Waals surface area contributed by atoms with Gasteiger partial charge in [-0.3, -0.25) is 0 Å². The van der Waals surface area contributed by atoms with Gasteiger partial charge in [-0.15, -0.1) is 0 Å². The first-order chi connectivity index (χ1) is 8.06. The second-order valence-electron chi connectivity index (χ2n) is 3.82. The van der Waals surface area contributed by atoms with E-state index in [1.165, 1.54) is 18.2 Å². The number of nitrogens with two attached hydrogens (primary N) is 1. The van der Waals surface area contributed by atoms with Gasteiger partial charge in [0.2, 0.25) is 0 Å². The average Bonchev–Trinajstić information content (AvgIpc) is 2.27. The maximum absolute atomic E-state index is 13.1. The minimum Gasteiger partial charge on any atom is -0.397 e. The van der Waals surface area contributed by atoms with Gasteiger partial charge in [0.05, 0.1) is 11.4 Å². The minimum atomic E-state index is -0.386. The van der Waals surface area contributed by atoms with Crippen LogP contribution in [0.15, 0.2) is 36.4 Å². The van der Waals surface area contributed by atoms with Crippen molar-refractivity contribution in [2.75, 3.05) is 11.1 Å². The number of nitrogens with one attached hydrogen (secondary N) is 1. The van der Waals surface area contributed by atoms with Crippen LogP contribution in [0.5, 0.6) is 0 Å². The third-order valence-corrected chi connectivity index (χ3v) is 2.45. The first-order valence-corrected chi connectivity index (χ1v) is 5.14. The van der Waals surface area contributed by atoms with Crippen molar-refractivity contribution in [2.45, 2.75) is 6.92 Å². The van der Waals surface area contributed by atoms with E-state index in [0.717, 1.165) is 0 Å². The van der Waals surface area contributed by atoms with Gasteiger partial charge in [0.25, 0.3) is 0 Å². The maximum atomic E-state index is 13.1. The summed E-state index contributed by atoms with van der Waals surface area (Å²) in [7, 11) is 0. The maximum Gasteiger partial charge on any atom is 0.126 e. The Morgan fingerprint density at radius 2 is 1.82 bits per heavy atom. The Bertz CT molecular complexity index is 553. The normalized spacial score (nSPS) is 10.3. The zero-order chi connectivity index (χ0) is 12.4. The van der Waals surface area contributed by atoms with Crippen molar-refractivity contribution in [2.24, 2.45) is 0 Å². The second-order valence-corrected chi connectivity index (χ2v) is 3.82. The predicted molar refractivity (Wildman–Crippen MR) is 65.2 cm³/mol. The second kappa shape index (κ2) is 4.41. The third-order valence-electron chi connectivity index (χ3n) is 2.45. The topological polar surface area (TPSA) is 38.0 Å². The van der Waals surface area contributed by atoms with Crippen LogP contribution in [0.25, 0.3) is 0 Å². The van der Waals surface area contributed by atoms with E-state index in [2.05, 4.69) is 5.32 Å². The number of anilines is 3. The van der Waals surface area contributed by atoms with Crippen LogP contribution in [-0.4, -0.2) is 0 Å². The first-order valence-electron chi connectivity index (χ1n) is 5.14. The molecule has 3 N–H and O–H groups in total. The van der Waals surface area contributed by atoms with E-state index in [4.69, 9.17) is 5.73 Å². The fourth-order valence-electron chi connectivity index (χ4n) is 1.53. The van der Waals surface area contributed by atoms with Gasteiger partial charge in [0, 0.05) is 5.69 Å². The molecule has 2 aromatic carbocycles. The molecule has 0 bridgehead atoms. The molecule has 0 fully saturated rings. The molecule has 0 aliphatic heterocycles. The molecule has 0 spiro atoms. The van der Waals surface area contributed by atoms with Crippen LogP contribution >= 0.6 is 0 Å². The molecule has 0 aliphatic rings. The van der Waals surface area contributed by atoms with Gasteiger partial charge in [-0.25, -0.2) is 8.78 Å². The van der Waals surface area contributed by atoms with Crippen molar-refractivity contribution >= 4 is 17.1 Å². The molecule has 2 nitrogen and oxygen atoms in total. The van der Waals surface area contributed by atoms with E-state index >= 15 is 0 Å². The molecule has 2 rings (SSSR count). The van der Waals surface area contributed by atoms with Crippen molar-refractivity contribution in [1.29, 1.82) is 0 Å². The molecule has 0 saturated carbocycles. The van der Waals surface area contributed by atoms with E-state index in [1.54, 1.807) is 25.1 Å². The number of halogens is 2. The van der Waals surface area contributed by atoms with Crippen LogP contribution in [0.4, 0.5) is 25.8 Å². The molecule has 0 radical (unpaired) electrons. The molecule has 0 atom stereocenters. The van der Waals surface area contributed by atoms with Crippen LogP contribution in [0, 0.1) is 18.6 Å². The summed E-state index contributed by atoms with van der Waals surface area (Å²) in [4.78, 5) is 0. The Balaban J connectivity index is 2.28. The predicted octanol–water partition coefficient (Wildman–Crippen LogP) is 3.60. The Morgan fingerprint density at radius 1 is 1.06 bits per heavy atom. The van der Waals surface area contributed by atoms with Gasteiger partial charge in [0.1, 0.15) is 11.6 Å². The van der Waals surface area contributed by atoms with Crippen LogP contribution < -0.4 is 11.1 Å². The lowest BCUT2D eigenvalue weighted by Crippen LogP contribution is -1.97. The lowest BCUT2D eigenvalue weighted by molar-refractivity contribution is 0.619. The van der Waals surface area contributed by atoms with Gasteiger partial charge in [-0.1, -0.05) is 0 Å². The van der Waals surface area contributed by atoms with Crippen molar-refractivity contribution in [3.8, 4) is 0 Å². The van der Waals surface area contributed by atoms with Crippen LogP contribution in [0.3, 0.4) is 0 Å². The largest absolute Gasteiger partial charge is 0.397 e. The van der Waals surface area contributed by atoms with Crippen molar-refractivity contribution in [3.05, 3.63) is 53.6 Å². The third kappa shape index (κ3) is 2.53. The highest BCUT2D eigenvalue weighted by Gasteiger charge is 2.03. The molecule has 0 aliphatic carbocycles. The first kappa shape index (κ1) is 11.4. The van der Waals surface area contributed by atoms with E-state index in [9.17, 15) is 8.78 Å². The number of hydrogen-bond acceptors (Lipinski definition) is 2. The number of hydrogen-bond donors (Lipinski definition) is 2. The Labute approximate surface area is 98.1 Å². The van der Waals surface area contributed by atoms with Gasteiger partial charge < -0.3 is 11.1 Å². The molecule has 0 heterocycles. The van der Waals surface area contributed by atoms with Gasteiger partial charge >= 0.3 is 0 Å². The number of aryl methyl sites for hydroxylation is 1. The molecule has 88 valence electrons. The summed E-state index contributed by atoms with van der Waals surface area (Å²) in [5.41, 5.74) is 7.82. The lowest BCUT2D eigenvalue weighted by Gasteiger charge is -2.10. The molecule has 0 amide bonds. The quantitative estimate of drug-likeness (QED) is 0.779. The molecule has 0 aromatic heterocycles. The summed E-state index contributed by atoms with van der Waals surface area (Å²) in [5, 5.41) is 3.01. The smallest absolute Gasteiger partial charge is 0.126 e. The Hall–Kier alpha value is -2.10. The highest BCUT2D eigenvalue weighted by Crippen LogP contribution is 2.24. The molecular weight excluding hydrogens is 222 g/mol. The van der Waals surface area contributed by atoms with Crippen LogP contribution in [-0.2, 0) is 0 Å². The fourth-order valence-corrected chi connectivity index (χ4v) is 1.53. The van der Waals surface area contributed by atoms with Gasteiger partial charge in [0.15, 0.2) is 0 Å². The number of nitrogen functional groups attached to an aromatic ring is 1. The SMILES string of the molecule is Cc1cc(Nc2ccc(F)cc2N)ccc1F. The van der Waals surface area contributed by atoms with E-state index in [0.29, 0.717) is 22.6 Å². The molecule has 17 heavy (non-hydrogen) atoms. The molecular formula is C13H12F2N2. The standard InChI is InChI=1S/C13H12F2N2/c1-8-6-10(3-4-11(8)15)17-13-5-2-9(14)7-12(13)16/h2-7,17H,16H2,1H3. The molecule has 0 unspecified atom stereocenters. The van der Waals surface area contributed by atoms with Crippen molar-refractivity contribution < 1.29 is 8.78 Å². The zero-order valence-electron chi connectivity index (χ0n) is 9.30. The summed E-state index contributed by atoms with van der Waals surface area (Å²) in [6.07, 6.45) is 0. The van der Waals surface area contributed by atoms with E-state index in [-0.39, 0.29) is 11.6 Å². The summed E-state index contributed by atoms with van der Waals surface area (Å²) in [6.45, 7) is 1.68. The van der Waals surface area contributed by atoms with Crippen molar-refractivity contribution in [3.63, 3.8) is 0 Å². The lowest BCUT2D eigenvalue weighted by atomic mass is 10.2. The average molecular weight is 234 g/mol. The van der Waals surface area contributed by atoms with Crippen LogP contribution in [0.1, 0.15) is 5.56 Å². The fraction of sp³-hybridized carbons (Fsp3) is 0.0769. The molecule has 2 aromatic rings. The molecule has 0 saturated heterocycles. The monoisotopic (exact) mass is 234 g/mol. The summed E-state index contributed by atoms with van der Waals surface area (Å²) in [6, 6.07) is 8.73. The highest BCUT2D eigenvalue weighted by molar-refractivity contribution is 5.72. The number of benzene rings is 2. The Kier molecular flexibility index (Phi) is 2.95. The van der Waals surface area contributed by atoms with E-state index in [1.807, 2.05) is 0 Å². The van der Waals surface area contributed by atoms with Crippen LogP contribution in [0.2, 0.25) is 0 Å². The number of rotatable bonds is 2. The van der Waals surface area contributed by atoms with Crippen molar-refractivity contribution in [1.82, 2.24) is 0 Å². The Morgan fingerprint density at radius 3 is 2.47 bits per heavy atom. The summed E-state index contributed by atoms with van der Waals surface area (Å²) in [5.74, 6) is -0.647. The zero-order valence-corrected chi connectivity index (χ0v) is 9.30. The summed E-state index contributed by atoms with van der Waals surface area (Å²) >= 11 is 0. The van der Waals surface area contributed by atoms with Gasteiger partial charge in [-0.05, 0) is 48.9 Å². The van der Waals surface area contributed by atoms with Gasteiger partial charge in [-0.2, -0.15) is 0 Å². The van der Waals surface area contributed by atoms with E-state index < -0.39 is 0 Å². The highest BCUT2D eigenvalue weighted by atomic mass is 19.1.